The largest absolute Gasteiger partial charge is 0.383 e. The number of benzene rings is 2. The van der Waals surface area contributed by atoms with Gasteiger partial charge in [0.15, 0.2) is 0 Å². The van der Waals surface area contributed by atoms with Crippen LogP contribution in [0.3, 0.4) is 0 Å². The summed E-state index contributed by atoms with van der Waals surface area (Å²) in [6, 6.07) is 19.3. The van der Waals surface area contributed by atoms with Gasteiger partial charge in [0.05, 0.1) is 30.5 Å². The van der Waals surface area contributed by atoms with E-state index in [2.05, 4.69) is 75.8 Å². The van der Waals surface area contributed by atoms with Crippen LogP contribution in [0.25, 0.3) is 22.3 Å². The van der Waals surface area contributed by atoms with Crippen LogP contribution in [0.15, 0.2) is 73.2 Å². The molecule has 0 spiro atoms. The molecule has 0 bridgehead atoms. The van der Waals surface area contributed by atoms with E-state index < -0.39 is 0 Å². The minimum Gasteiger partial charge on any atom is -0.383 e. The average molecular weight is 579 g/mol. The first kappa shape index (κ1) is 29.1. The van der Waals surface area contributed by atoms with Crippen LogP contribution >= 0.6 is 0 Å². The summed E-state index contributed by atoms with van der Waals surface area (Å²) < 4.78 is 8.04. The van der Waals surface area contributed by atoms with Gasteiger partial charge >= 0.3 is 0 Å². The molecule has 1 saturated carbocycles. The Kier molecular flexibility index (Phi) is 8.86. The summed E-state index contributed by atoms with van der Waals surface area (Å²) in [5.41, 5.74) is 13.1. The van der Waals surface area contributed by atoms with Crippen molar-refractivity contribution in [2.45, 2.75) is 64.3 Å². The highest BCUT2D eigenvalue weighted by atomic mass is 16.5. The summed E-state index contributed by atoms with van der Waals surface area (Å²) in [5.74, 6) is 0.848. The summed E-state index contributed by atoms with van der Waals surface area (Å²) in [7, 11) is 1.85. The van der Waals surface area contributed by atoms with Gasteiger partial charge in [-0.2, -0.15) is 5.10 Å². The van der Waals surface area contributed by atoms with Gasteiger partial charge in [-0.3, -0.25) is 14.4 Å². The second-order valence-corrected chi connectivity index (χ2v) is 12.3. The van der Waals surface area contributed by atoms with Crippen molar-refractivity contribution < 1.29 is 9.53 Å². The van der Waals surface area contributed by atoms with Gasteiger partial charge in [0.25, 0.3) is 5.91 Å². The lowest BCUT2D eigenvalue weighted by Crippen LogP contribution is -2.41. The van der Waals surface area contributed by atoms with Crippen LogP contribution in [-0.2, 0) is 24.9 Å². The maximum absolute atomic E-state index is 13.2. The molecule has 6 rings (SSSR count). The number of nitrogen functional groups attached to an aromatic ring is 1. The Bertz CT molecular complexity index is 1520. The average Bonchev–Trinajstić information content (AvgIpc) is 3.66. The minimum absolute atomic E-state index is 0.0463. The summed E-state index contributed by atoms with van der Waals surface area (Å²) in [6.45, 7) is 6.30. The molecule has 0 unspecified atom stereocenters. The second kappa shape index (κ2) is 13.1. The van der Waals surface area contributed by atoms with Crippen LogP contribution in [0, 0.1) is 5.92 Å². The zero-order valence-corrected chi connectivity index (χ0v) is 25.2. The Labute approximate surface area is 254 Å². The van der Waals surface area contributed by atoms with Gasteiger partial charge in [-0.15, -0.1) is 0 Å². The number of carbonyl (C=O) groups excluding carboxylic acids is 1. The number of likely N-dealkylation sites (tertiary alicyclic amines) is 1. The number of amides is 1. The fourth-order valence-corrected chi connectivity index (χ4v) is 6.20. The Hall–Kier alpha value is -4.01. The van der Waals surface area contributed by atoms with Gasteiger partial charge in [0.2, 0.25) is 0 Å². The summed E-state index contributed by atoms with van der Waals surface area (Å²) in [4.78, 5) is 20.1. The lowest BCUT2D eigenvalue weighted by molar-refractivity contribution is 0.0272. The van der Waals surface area contributed by atoms with E-state index in [0.717, 1.165) is 48.4 Å². The molecule has 3 N–H and O–H groups in total. The van der Waals surface area contributed by atoms with E-state index in [9.17, 15) is 4.79 Å². The standard InChI is InChI=1S/C35H42N6O2/c1-24-14-16-41(17-15-24)21-25-6-10-27(11-7-25)28-12-8-26(9-13-28)23-43-33-5-3-4-32(33)39-35(42)31-18-29(19-37-34(31)36)30-20-38-40(2)22-30/h6-13,18-20,22,24,32-33H,3-5,14-17,21,23H2,1-2H3,(H2,36,37)(H,39,42)/t32-,33-/m0/s1. The second-order valence-electron chi connectivity index (χ2n) is 12.3. The molecule has 4 aromatic rings. The zero-order valence-electron chi connectivity index (χ0n) is 25.2. The molecule has 1 amide bonds. The number of hydrogen-bond acceptors (Lipinski definition) is 6. The van der Waals surface area contributed by atoms with Crippen molar-refractivity contribution in [2.75, 3.05) is 18.8 Å². The third kappa shape index (κ3) is 7.14. The Morgan fingerprint density at radius 1 is 0.930 bits per heavy atom. The monoisotopic (exact) mass is 578 g/mol. The van der Waals surface area contributed by atoms with E-state index in [4.69, 9.17) is 10.5 Å². The third-order valence-electron chi connectivity index (χ3n) is 8.96. The molecular formula is C35H42N6O2. The molecule has 224 valence electrons. The molecule has 2 aromatic carbocycles. The number of nitrogens with one attached hydrogen (secondary N) is 1. The molecule has 2 aliphatic rings. The van der Waals surface area contributed by atoms with Crippen molar-refractivity contribution in [1.82, 2.24) is 25.0 Å². The molecule has 3 heterocycles. The number of anilines is 1. The van der Waals surface area contributed by atoms with Gasteiger partial charge in [-0.1, -0.05) is 55.5 Å². The van der Waals surface area contributed by atoms with Crippen molar-refractivity contribution in [2.24, 2.45) is 13.0 Å². The van der Waals surface area contributed by atoms with Crippen molar-refractivity contribution in [3.05, 3.63) is 89.9 Å². The number of carbonyl (C=O) groups is 1. The van der Waals surface area contributed by atoms with E-state index in [1.165, 1.54) is 42.6 Å². The number of nitrogens with zero attached hydrogens (tertiary/aromatic N) is 4. The number of nitrogens with two attached hydrogens (primary N) is 1. The molecule has 2 aromatic heterocycles. The van der Waals surface area contributed by atoms with Crippen molar-refractivity contribution in [3.63, 3.8) is 0 Å². The molecular weight excluding hydrogens is 536 g/mol. The molecule has 43 heavy (non-hydrogen) atoms. The maximum Gasteiger partial charge on any atom is 0.255 e. The number of ether oxygens (including phenoxy) is 1. The van der Waals surface area contributed by atoms with Crippen molar-refractivity contribution in [3.8, 4) is 22.3 Å². The molecule has 0 radical (unpaired) electrons. The summed E-state index contributed by atoms with van der Waals surface area (Å²) in [5, 5.41) is 7.37. The van der Waals surface area contributed by atoms with Crippen LogP contribution in [0.5, 0.6) is 0 Å². The quantitative estimate of drug-likeness (QED) is 0.259. The SMILES string of the molecule is CC1CCN(Cc2ccc(-c3ccc(CO[C@H]4CCC[C@@H]4NC(=O)c4cc(-c5cnn(C)c5)cnc4N)cc3)cc2)CC1. The summed E-state index contributed by atoms with van der Waals surface area (Å²) >= 11 is 0. The van der Waals surface area contributed by atoms with Crippen molar-refractivity contribution in [1.29, 1.82) is 0 Å². The number of hydrogen-bond donors (Lipinski definition) is 2. The van der Waals surface area contributed by atoms with Crippen LogP contribution in [0.2, 0.25) is 0 Å². The minimum atomic E-state index is -0.225. The third-order valence-corrected chi connectivity index (χ3v) is 8.96. The van der Waals surface area contributed by atoms with Gasteiger partial charge in [-0.05, 0) is 79.4 Å². The van der Waals surface area contributed by atoms with Crippen LogP contribution < -0.4 is 11.1 Å². The van der Waals surface area contributed by atoms with Crippen LogP contribution in [0.1, 0.15) is 60.5 Å². The normalized spacial score (nSPS) is 19.5. The molecule has 1 aliphatic carbocycles. The smallest absolute Gasteiger partial charge is 0.255 e. The summed E-state index contributed by atoms with van der Waals surface area (Å²) in [6.07, 6.45) is 10.7. The van der Waals surface area contributed by atoms with Crippen LogP contribution in [0.4, 0.5) is 5.82 Å². The zero-order chi connectivity index (χ0) is 29.8. The highest BCUT2D eigenvalue weighted by molar-refractivity contribution is 5.99. The Morgan fingerprint density at radius 3 is 2.30 bits per heavy atom. The number of aryl methyl sites for hydroxylation is 1. The van der Waals surface area contributed by atoms with E-state index >= 15 is 0 Å². The number of pyridine rings is 1. The van der Waals surface area contributed by atoms with Gasteiger partial charge in [0.1, 0.15) is 5.82 Å². The first-order valence-electron chi connectivity index (χ1n) is 15.5. The lowest BCUT2D eigenvalue weighted by Gasteiger charge is -2.30. The molecule has 2 fully saturated rings. The van der Waals surface area contributed by atoms with Gasteiger partial charge in [-0.25, -0.2) is 4.98 Å². The maximum atomic E-state index is 13.2. The lowest BCUT2D eigenvalue weighted by atomic mass is 9.98. The van der Waals surface area contributed by atoms with Crippen LogP contribution in [-0.4, -0.2) is 50.8 Å². The molecule has 1 aliphatic heterocycles. The first-order chi connectivity index (χ1) is 20.9. The molecule has 8 nitrogen and oxygen atoms in total. The van der Waals surface area contributed by atoms with E-state index in [-0.39, 0.29) is 23.9 Å². The predicted octanol–water partition coefficient (Wildman–Crippen LogP) is 5.83. The highest BCUT2D eigenvalue weighted by Crippen LogP contribution is 2.27. The number of piperidine rings is 1. The van der Waals surface area contributed by atoms with Crippen molar-refractivity contribution >= 4 is 11.7 Å². The fraction of sp³-hybridized carbons (Fsp3) is 0.400. The van der Waals surface area contributed by atoms with E-state index in [1.54, 1.807) is 23.1 Å². The molecule has 2 atom stereocenters. The number of aromatic nitrogens is 3. The van der Waals surface area contributed by atoms with Gasteiger partial charge in [0, 0.05) is 37.1 Å². The molecule has 1 saturated heterocycles. The molecule has 8 heteroatoms. The Balaban J connectivity index is 1.02. The highest BCUT2D eigenvalue weighted by Gasteiger charge is 2.30. The fourth-order valence-electron chi connectivity index (χ4n) is 6.20. The predicted molar refractivity (Wildman–Crippen MR) is 170 cm³/mol. The van der Waals surface area contributed by atoms with E-state index in [0.29, 0.717) is 12.2 Å². The Morgan fingerprint density at radius 2 is 1.63 bits per heavy atom. The topological polar surface area (TPSA) is 98.3 Å². The number of rotatable bonds is 9. The first-order valence-corrected chi connectivity index (χ1v) is 15.5. The van der Waals surface area contributed by atoms with E-state index in [1.807, 2.05) is 13.2 Å². The van der Waals surface area contributed by atoms with Gasteiger partial charge < -0.3 is 15.8 Å².